The van der Waals surface area contributed by atoms with E-state index < -0.39 is 0 Å². The van der Waals surface area contributed by atoms with Gasteiger partial charge in [0.05, 0.1) is 22.3 Å². The molecule has 0 saturated heterocycles. The van der Waals surface area contributed by atoms with E-state index in [0.717, 1.165) is 43.6 Å². The van der Waals surface area contributed by atoms with Gasteiger partial charge in [-0.1, -0.05) is 46.7 Å². The van der Waals surface area contributed by atoms with Gasteiger partial charge in [-0.15, -0.1) is 0 Å². The topological polar surface area (TPSA) is 59.3 Å². The van der Waals surface area contributed by atoms with Crippen molar-refractivity contribution in [2.24, 2.45) is 0 Å². The maximum Gasteiger partial charge on any atom is 0.230 e. The second-order valence-corrected chi connectivity index (χ2v) is 8.34. The van der Waals surface area contributed by atoms with Crippen LogP contribution in [0.3, 0.4) is 0 Å². The second-order valence-electron chi connectivity index (χ2n) is 6.48. The van der Waals surface area contributed by atoms with Crippen LogP contribution in [0, 0.1) is 0 Å². The highest BCUT2D eigenvalue weighted by Gasteiger charge is 2.16. The van der Waals surface area contributed by atoms with E-state index in [-0.39, 0.29) is 11.9 Å². The summed E-state index contributed by atoms with van der Waals surface area (Å²) in [5.41, 5.74) is 3.63. The molecule has 2 aromatic carbocycles. The monoisotopic (exact) mass is 442 g/mol. The summed E-state index contributed by atoms with van der Waals surface area (Å²) in [6.07, 6.45) is 0.913. The van der Waals surface area contributed by atoms with Crippen LogP contribution >= 0.6 is 27.7 Å². The minimum Gasteiger partial charge on any atom is -0.353 e. The molecule has 0 aliphatic heterocycles. The Morgan fingerprint density at radius 1 is 1.22 bits per heavy atom. The maximum absolute atomic E-state index is 12.2. The Labute approximate surface area is 169 Å². The zero-order valence-corrected chi connectivity index (χ0v) is 17.5. The minimum atomic E-state index is 0.0182. The lowest BCUT2D eigenvalue weighted by molar-refractivity contribution is -0.119. The molecule has 0 unspecified atom stereocenters. The summed E-state index contributed by atoms with van der Waals surface area (Å²) in [5, 5.41) is 4.76. The number of benzene rings is 2. The van der Waals surface area contributed by atoms with Crippen molar-refractivity contribution in [3.8, 4) is 0 Å². The molecule has 4 aromatic rings. The van der Waals surface area contributed by atoms with Crippen LogP contribution in [0.2, 0.25) is 0 Å². The van der Waals surface area contributed by atoms with E-state index in [1.165, 1.54) is 11.8 Å². The number of para-hydroxylation sites is 2. The zero-order chi connectivity index (χ0) is 19.0. The SMILES string of the molecule is CC[C@@H](C)NC(=O)CSc1nc2ccc(Br)cc2c2nc3ccccc3n12. The molecule has 1 N–H and O–H groups in total. The first-order valence-electron chi connectivity index (χ1n) is 8.85. The number of nitrogens with zero attached hydrogens (tertiary/aromatic N) is 3. The van der Waals surface area contributed by atoms with Crippen molar-refractivity contribution in [3.05, 3.63) is 46.9 Å². The summed E-state index contributed by atoms with van der Waals surface area (Å²) >= 11 is 4.97. The molecule has 27 heavy (non-hydrogen) atoms. The highest BCUT2D eigenvalue weighted by molar-refractivity contribution is 9.10. The Hall–Kier alpha value is -2.12. The molecule has 1 amide bonds. The van der Waals surface area contributed by atoms with Gasteiger partial charge >= 0.3 is 0 Å². The number of hydrogen-bond acceptors (Lipinski definition) is 4. The number of halogens is 1. The lowest BCUT2D eigenvalue weighted by atomic mass is 10.2. The van der Waals surface area contributed by atoms with Gasteiger partial charge in [-0.25, -0.2) is 9.97 Å². The van der Waals surface area contributed by atoms with Crippen molar-refractivity contribution in [1.82, 2.24) is 19.7 Å². The number of thioether (sulfide) groups is 1. The number of carbonyl (C=O) groups excluding carboxylic acids is 1. The van der Waals surface area contributed by atoms with E-state index in [0.29, 0.717) is 5.75 Å². The Morgan fingerprint density at radius 2 is 2.04 bits per heavy atom. The van der Waals surface area contributed by atoms with Crippen LogP contribution in [0.15, 0.2) is 52.1 Å². The summed E-state index contributed by atoms with van der Waals surface area (Å²) in [6.45, 7) is 4.07. The number of fused-ring (bicyclic) bond motifs is 5. The molecule has 4 rings (SSSR count). The fourth-order valence-corrected chi connectivity index (χ4v) is 4.17. The Balaban J connectivity index is 1.83. The van der Waals surface area contributed by atoms with E-state index >= 15 is 0 Å². The highest BCUT2D eigenvalue weighted by atomic mass is 79.9. The number of rotatable bonds is 5. The van der Waals surface area contributed by atoms with E-state index in [1.807, 2.05) is 53.8 Å². The molecule has 1 atom stereocenters. The normalized spacial score (nSPS) is 12.7. The summed E-state index contributed by atoms with van der Waals surface area (Å²) in [4.78, 5) is 21.9. The average molecular weight is 443 g/mol. The van der Waals surface area contributed by atoms with Crippen LogP contribution in [0.25, 0.3) is 27.6 Å². The van der Waals surface area contributed by atoms with Gasteiger partial charge in [-0.05, 0) is 43.7 Å². The highest BCUT2D eigenvalue weighted by Crippen LogP contribution is 2.30. The first-order valence-corrected chi connectivity index (χ1v) is 10.6. The molecule has 2 heterocycles. The van der Waals surface area contributed by atoms with Crippen molar-refractivity contribution >= 4 is 61.2 Å². The summed E-state index contributed by atoms with van der Waals surface area (Å²) in [7, 11) is 0. The van der Waals surface area contributed by atoms with Crippen LogP contribution < -0.4 is 5.32 Å². The van der Waals surface area contributed by atoms with E-state index in [1.54, 1.807) is 0 Å². The van der Waals surface area contributed by atoms with Crippen LogP contribution in [0.4, 0.5) is 0 Å². The van der Waals surface area contributed by atoms with Gasteiger partial charge in [0.2, 0.25) is 5.91 Å². The van der Waals surface area contributed by atoms with Gasteiger partial charge in [0, 0.05) is 15.9 Å². The van der Waals surface area contributed by atoms with Crippen molar-refractivity contribution in [2.45, 2.75) is 31.5 Å². The first-order chi connectivity index (χ1) is 13.1. The summed E-state index contributed by atoms with van der Waals surface area (Å²) < 4.78 is 3.03. The third-order valence-electron chi connectivity index (χ3n) is 4.52. The standard InChI is InChI=1S/C20H19BrN4OS/c1-3-12(2)22-18(26)11-27-20-24-15-9-8-13(21)10-14(15)19-23-16-6-4-5-7-17(16)25(19)20/h4-10,12H,3,11H2,1-2H3,(H,22,26)/t12-/m1/s1. The summed E-state index contributed by atoms with van der Waals surface area (Å²) in [5.74, 6) is 0.339. The van der Waals surface area contributed by atoms with E-state index in [2.05, 4.69) is 28.2 Å². The molecule has 0 bridgehead atoms. The molecule has 0 fully saturated rings. The number of aromatic nitrogens is 3. The quantitative estimate of drug-likeness (QED) is 0.356. The fraction of sp³-hybridized carbons (Fsp3) is 0.250. The van der Waals surface area contributed by atoms with Crippen molar-refractivity contribution in [3.63, 3.8) is 0 Å². The molecule has 0 aliphatic carbocycles. The molecule has 5 nitrogen and oxygen atoms in total. The minimum absolute atomic E-state index is 0.0182. The van der Waals surface area contributed by atoms with Crippen molar-refractivity contribution < 1.29 is 4.79 Å². The van der Waals surface area contributed by atoms with Gasteiger partial charge in [0.25, 0.3) is 0 Å². The van der Waals surface area contributed by atoms with E-state index in [9.17, 15) is 4.79 Å². The predicted octanol–water partition coefficient (Wildman–Crippen LogP) is 4.81. The third-order valence-corrected chi connectivity index (χ3v) is 5.95. The second kappa shape index (κ2) is 7.48. The zero-order valence-electron chi connectivity index (χ0n) is 15.1. The number of hydrogen-bond donors (Lipinski definition) is 1. The lowest BCUT2D eigenvalue weighted by Crippen LogP contribution is -2.33. The Bertz CT molecular complexity index is 1160. The molecule has 7 heteroatoms. The van der Waals surface area contributed by atoms with Crippen molar-refractivity contribution in [1.29, 1.82) is 0 Å². The number of imidazole rings is 1. The molecule has 0 spiro atoms. The van der Waals surface area contributed by atoms with Gasteiger partial charge in [-0.3, -0.25) is 9.20 Å². The van der Waals surface area contributed by atoms with E-state index in [4.69, 9.17) is 9.97 Å². The molecular weight excluding hydrogens is 424 g/mol. The van der Waals surface area contributed by atoms with Crippen LogP contribution in [0.1, 0.15) is 20.3 Å². The van der Waals surface area contributed by atoms with Crippen LogP contribution in [0.5, 0.6) is 0 Å². The summed E-state index contributed by atoms with van der Waals surface area (Å²) in [6, 6.07) is 14.2. The largest absolute Gasteiger partial charge is 0.353 e. The number of nitrogens with one attached hydrogen (secondary N) is 1. The third kappa shape index (κ3) is 3.53. The maximum atomic E-state index is 12.2. The molecule has 138 valence electrons. The Morgan fingerprint density at radius 3 is 2.85 bits per heavy atom. The molecule has 0 radical (unpaired) electrons. The van der Waals surface area contributed by atoms with Gasteiger partial charge in [0.1, 0.15) is 5.65 Å². The number of amides is 1. The molecule has 0 aliphatic rings. The fourth-order valence-electron chi connectivity index (χ4n) is 2.98. The van der Waals surface area contributed by atoms with Gasteiger partial charge < -0.3 is 5.32 Å². The smallest absolute Gasteiger partial charge is 0.230 e. The lowest BCUT2D eigenvalue weighted by Gasteiger charge is -2.12. The van der Waals surface area contributed by atoms with Gasteiger partial charge in [-0.2, -0.15) is 0 Å². The molecular formula is C20H19BrN4OS. The van der Waals surface area contributed by atoms with Crippen LogP contribution in [-0.2, 0) is 4.79 Å². The molecule has 0 saturated carbocycles. The Kier molecular flexibility index (Phi) is 5.06. The first kappa shape index (κ1) is 18.3. The predicted molar refractivity (Wildman–Crippen MR) is 114 cm³/mol. The van der Waals surface area contributed by atoms with Gasteiger partial charge in [0.15, 0.2) is 5.16 Å². The number of carbonyl (C=O) groups is 1. The van der Waals surface area contributed by atoms with Crippen molar-refractivity contribution in [2.75, 3.05) is 5.75 Å². The molecule has 2 aromatic heterocycles. The van der Waals surface area contributed by atoms with Crippen LogP contribution in [-0.4, -0.2) is 32.1 Å². The average Bonchev–Trinajstić information content (AvgIpc) is 3.06.